The Balaban J connectivity index is 1.15. The average Bonchev–Trinajstić information content (AvgIpc) is 3.86. The predicted molar refractivity (Wildman–Crippen MR) is 241 cm³/mol. The van der Waals surface area contributed by atoms with Crippen molar-refractivity contribution in [2.45, 2.75) is 52.4 Å². The van der Waals surface area contributed by atoms with Crippen molar-refractivity contribution < 1.29 is 4.74 Å². The topological polar surface area (TPSA) is 68.7 Å². The molecule has 0 saturated heterocycles. The van der Waals surface area contributed by atoms with Gasteiger partial charge in [0.05, 0.1) is 40.4 Å². The van der Waals surface area contributed by atoms with E-state index in [0.29, 0.717) is 11.3 Å². The maximum atomic E-state index is 9.85. The Kier molecular flexibility index (Phi) is 9.25. The monoisotopic (exact) mass is 767 g/mol. The predicted octanol–water partition coefficient (Wildman–Crippen LogP) is 13.6. The molecule has 6 nitrogen and oxygen atoms in total. The first-order valence-electron chi connectivity index (χ1n) is 20.0. The second kappa shape index (κ2) is 14.6. The standard InChI is InChI=1S/C53H45N5O/c1-52(2,3)39-24-25-55-50(30-39)58-48-26-35(32-54)20-22-45(48)46-23-21-41(31-49(46)58)59-42-28-38(27-40(29-42)53(4,5)6)47-33-57(34-56-47)51-43(36-14-9-7-10-15-36)18-13-19-44(51)37-16-11-8-12-17-37/h7-31,33-34H,1-6H3. The Morgan fingerprint density at radius 1 is 0.559 bits per heavy atom. The van der Waals surface area contributed by atoms with Crippen molar-refractivity contribution in [2.75, 3.05) is 0 Å². The third-order valence-corrected chi connectivity index (χ3v) is 11.1. The van der Waals surface area contributed by atoms with E-state index < -0.39 is 0 Å². The van der Waals surface area contributed by atoms with E-state index in [1.807, 2.05) is 48.9 Å². The van der Waals surface area contributed by atoms with E-state index in [1.54, 1.807) is 0 Å². The Hall–Kier alpha value is -7.23. The second-order valence-electron chi connectivity index (χ2n) is 17.2. The van der Waals surface area contributed by atoms with Crippen molar-refractivity contribution in [1.82, 2.24) is 19.1 Å². The van der Waals surface area contributed by atoms with E-state index in [2.05, 4.69) is 172 Å². The maximum Gasteiger partial charge on any atom is 0.137 e. The van der Waals surface area contributed by atoms with Crippen molar-refractivity contribution in [3.05, 3.63) is 181 Å². The van der Waals surface area contributed by atoms with Crippen LogP contribution in [0, 0.1) is 11.3 Å². The van der Waals surface area contributed by atoms with Crippen molar-refractivity contribution in [1.29, 1.82) is 5.26 Å². The lowest BCUT2D eigenvalue weighted by Crippen LogP contribution is -2.12. The SMILES string of the molecule is CC(C)(C)c1cc(Oc2ccc3c4ccc(C#N)cc4n(-c4cc(C(C)(C)C)ccn4)c3c2)cc(-c2cn(-c3c(-c4ccccc4)cccc3-c3ccccc3)cn2)c1. The molecule has 0 aliphatic carbocycles. The summed E-state index contributed by atoms with van der Waals surface area (Å²) in [6.07, 6.45) is 5.91. The van der Waals surface area contributed by atoms with Gasteiger partial charge in [0.15, 0.2) is 0 Å². The molecule has 0 saturated carbocycles. The van der Waals surface area contributed by atoms with Crippen LogP contribution < -0.4 is 4.74 Å². The summed E-state index contributed by atoms with van der Waals surface area (Å²) in [4.78, 5) is 9.87. The number of benzene rings is 6. The highest BCUT2D eigenvalue weighted by Crippen LogP contribution is 2.40. The van der Waals surface area contributed by atoms with Crippen LogP contribution in [0.25, 0.3) is 66.8 Å². The van der Waals surface area contributed by atoms with E-state index >= 15 is 0 Å². The minimum absolute atomic E-state index is 0.0659. The highest BCUT2D eigenvalue weighted by atomic mass is 16.5. The number of hydrogen-bond donors (Lipinski definition) is 0. The molecule has 9 aromatic rings. The van der Waals surface area contributed by atoms with Crippen molar-refractivity contribution in [2.24, 2.45) is 0 Å². The van der Waals surface area contributed by atoms with Gasteiger partial charge in [-0.05, 0) is 87.7 Å². The van der Waals surface area contributed by atoms with Gasteiger partial charge >= 0.3 is 0 Å². The number of imidazole rings is 1. The van der Waals surface area contributed by atoms with E-state index in [9.17, 15) is 5.26 Å². The van der Waals surface area contributed by atoms with Crippen LogP contribution in [-0.2, 0) is 10.8 Å². The summed E-state index contributed by atoms with van der Waals surface area (Å²) in [5.74, 6) is 2.21. The molecule has 0 amide bonds. The van der Waals surface area contributed by atoms with Crippen LogP contribution in [0.3, 0.4) is 0 Å². The van der Waals surface area contributed by atoms with Crippen LogP contribution in [-0.4, -0.2) is 19.1 Å². The third kappa shape index (κ3) is 7.17. The number of nitrogens with zero attached hydrogens (tertiary/aromatic N) is 5. The number of ether oxygens (including phenoxy) is 1. The van der Waals surface area contributed by atoms with Gasteiger partial charge in [0, 0.05) is 45.9 Å². The molecule has 0 bridgehead atoms. The fraction of sp³-hybridized carbons (Fsp3) is 0.151. The van der Waals surface area contributed by atoms with Gasteiger partial charge in [0.25, 0.3) is 0 Å². The zero-order chi connectivity index (χ0) is 40.9. The van der Waals surface area contributed by atoms with Crippen LogP contribution in [0.4, 0.5) is 0 Å². The van der Waals surface area contributed by atoms with Crippen LogP contribution in [0.2, 0.25) is 0 Å². The lowest BCUT2D eigenvalue weighted by atomic mass is 9.85. The molecular formula is C53H45N5O. The van der Waals surface area contributed by atoms with E-state index in [4.69, 9.17) is 14.7 Å². The lowest BCUT2D eigenvalue weighted by Gasteiger charge is -2.21. The van der Waals surface area contributed by atoms with Gasteiger partial charge in [-0.25, -0.2) is 9.97 Å². The lowest BCUT2D eigenvalue weighted by molar-refractivity contribution is 0.479. The van der Waals surface area contributed by atoms with Gasteiger partial charge in [-0.3, -0.25) is 4.57 Å². The molecule has 0 N–H and O–H groups in total. The van der Waals surface area contributed by atoms with Crippen molar-refractivity contribution >= 4 is 21.8 Å². The van der Waals surface area contributed by atoms with E-state index in [1.165, 1.54) is 5.56 Å². The summed E-state index contributed by atoms with van der Waals surface area (Å²) in [6.45, 7) is 13.3. The van der Waals surface area contributed by atoms with Gasteiger partial charge in [0.1, 0.15) is 17.3 Å². The molecule has 59 heavy (non-hydrogen) atoms. The number of pyridine rings is 1. The Bertz CT molecular complexity index is 2990. The molecule has 9 rings (SSSR count). The fourth-order valence-corrected chi connectivity index (χ4v) is 7.88. The Morgan fingerprint density at radius 2 is 1.20 bits per heavy atom. The molecule has 6 aromatic carbocycles. The van der Waals surface area contributed by atoms with Crippen molar-refractivity contribution in [3.8, 4) is 62.6 Å². The zero-order valence-electron chi connectivity index (χ0n) is 34.2. The number of rotatable bonds is 7. The average molecular weight is 768 g/mol. The van der Waals surface area contributed by atoms with Crippen LogP contribution >= 0.6 is 0 Å². The molecule has 6 heteroatoms. The molecule has 0 atom stereocenters. The molecule has 0 spiro atoms. The molecule has 3 aromatic heterocycles. The van der Waals surface area contributed by atoms with Gasteiger partial charge < -0.3 is 9.30 Å². The minimum atomic E-state index is -0.157. The van der Waals surface area contributed by atoms with E-state index in [-0.39, 0.29) is 10.8 Å². The molecule has 3 heterocycles. The first-order chi connectivity index (χ1) is 28.4. The second-order valence-corrected chi connectivity index (χ2v) is 17.2. The maximum absolute atomic E-state index is 9.85. The number of fused-ring (bicyclic) bond motifs is 3. The smallest absolute Gasteiger partial charge is 0.137 e. The van der Waals surface area contributed by atoms with Gasteiger partial charge in [-0.15, -0.1) is 0 Å². The fourth-order valence-electron chi connectivity index (χ4n) is 7.88. The molecule has 0 unspecified atom stereocenters. The first-order valence-corrected chi connectivity index (χ1v) is 20.0. The summed E-state index contributed by atoms with van der Waals surface area (Å²) in [5.41, 5.74) is 12.0. The Labute approximate surface area is 345 Å². The molecule has 0 aliphatic rings. The molecule has 0 aliphatic heterocycles. The quantitative estimate of drug-likeness (QED) is 0.162. The number of hydrogen-bond acceptors (Lipinski definition) is 4. The van der Waals surface area contributed by atoms with E-state index in [0.717, 1.165) is 78.1 Å². The van der Waals surface area contributed by atoms with Gasteiger partial charge in [-0.2, -0.15) is 5.26 Å². The third-order valence-electron chi connectivity index (χ3n) is 11.1. The summed E-state index contributed by atoms with van der Waals surface area (Å²) in [5, 5.41) is 12.0. The number of nitriles is 1. The summed E-state index contributed by atoms with van der Waals surface area (Å²) >= 11 is 0. The molecule has 0 fully saturated rings. The van der Waals surface area contributed by atoms with Crippen LogP contribution in [0.5, 0.6) is 11.5 Å². The molecular weight excluding hydrogens is 723 g/mol. The zero-order valence-corrected chi connectivity index (χ0v) is 34.2. The summed E-state index contributed by atoms with van der Waals surface area (Å²) < 4.78 is 11.1. The summed E-state index contributed by atoms with van der Waals surface area (Å²) in [6, 6.07) is 52.5. The largest absolute Gasteiger partial charge is 0.457 e. The Morgan fingerprint density at radius 3 is 1.85 bits per heavy atom. The normalized spacial score (nSPS) is 11.9. The first kappa shape index (κ1) is 37.4. The van der Waals surface area contributed by atoms with Gasteiger partial charge in [-0.1, -0.05) is 126 Å². The highest BCUT2D eigenvalue weighted by Gasteiger charge is 2.22. The highest BCUT2D eigenvalue weighted by molar-refractivity contribution is 6.09. The minimum Gasteiger partial charge on any atom is -0.457 e. The van der Waals surface area contributed by atoms with Crippen LogP contribution in [0.15, 0.2) is 164 Å². The van der Waals surface area contributed by atoms with Gasteiger partial charge in [0.2, 0.25) is 0 Å². The summed E-state index contributed by atoms with van der Waals surface area (Å²) in [7, 11) is 0. The molecule has 0 radical (unpaired) electrons. The number of para-hydroxylation sites is 1. The molecule has 288 valence electrons. The van der Waals surface area contributed by atoms with Crippen LogP contribution in [0.1, 0.15) is 58.2 Å². The number of aromatic nitrogens is 4. The van der Waals surface area contributed by atoms with Crippen molar-refractivity contribution in [3.63, 3.8) is 0 Å².